The Balaban J connectivity index is 2.02. The molecule has 148 valence electrons. The second-order valence-corrected chi connectivity index (χ2v) is 7.59. The van der Waals surface area contributed by atoms with Gasteiger partial charge >= 0.3 is 0 Å². The number of rotatable bonds is 6. The average molecular weight is 383 g/mol. The highest BCUT2D eigenvalue weighted by atomic mass is 19.1. The van der Waals surface area contributed by atoms with Gasteiger partial charge in [0.15, 0.2) is 5.82 Å². The molecule has 2 heterocycles. The lowest BCUT2D eigenvalue weighted by molar-refractivity contribution is 0.411. The number of fused-ring (bicyclic) bond motifs is 1. The molecule has 5 nitrogen and oxygen atoms in total. The van der Waals surface area contributed by atoms with Crippen molar-refractivity contribution in [1.29, 1.82) is 0 Å². The van der Waals surface area contributed by atoms with Gasteiger partial charge in [0.1, 0.15) is 17.1 Å². The molecular weight excluding hydrogens is 357 g/mol. The molecule has 0 amide bonds. The van der Waals surface area contributed by atoms with E-state index in [1.54, 1.807) is 21.2 Å². The molecule has 0 radical (unpaired) electrons. The first-order chi connectivity index (χ1) is 13.5. The van der Waals surface area contributed by atoms with E-state index in [0.29, 0.717) is 28.6 Å². The number of halogens is 1. The van der Waals surface area contributed by atoms with Gasteiger partial charge < -0.3 is 4.74 Å². The quantitative estimate of drug-likeness (QED) is 0.611. The average Bonchev–Trinajstić information content (AvgIpc) is 3.47. The fourth-order valence-corrected chi connectivity index (χ4v) is 4.05. The molecule has 0 bridgehead atoms. The van der Waals surface area contributed by atoms with Crippen LogP contribution in [0.5, 0.6) is 5.75 Å². The van der Waals surface area contributed by atoms with Crippen LogP contribution in [0.4, 0.5) is 4.39 Å². The van der Waals surface area contributed by atoms with Gasteiger partial charge in [-0.05, 0) is 62.3 Å². The van der Waals surface area contributed by atoms with Gasteiger partial charge in [-0.1, -0.05) is 13.8 Å². The van der Waals surface area contributed by atoms with E-state index >= 15 is 0 Å². The molecule has 0 spiro atoms. The van der Waals surface area contributed by atoms with Gasteiger partial charge in [-0.25, -0.2) is 8.91 Å². The van der Waals surface area contributed by atoms with Crippen LogP contribution in [-0.4, -0.2) is 21.3 Å². The van der Waals surface area contributed by atoms with Gasteiger partial charge in [-0.3, -0.25) is 9.36 Å². The molecule has 0 aliphatic heterocycles. The van der Waals surface area contributed by atoms with Crippen LogP contribution in [0, 0.1) is 12.7 Å². The normalized spacial score (nSPS) is 14.2. The van der Waals surface area contributed by atoms with E-state index in [1.807, 2.05) is 6.92 Å². The lowest BCUT2D eigenvalue weighted by atomic mass is 9.95. The summed E-state index contributed by atoms with van der Waals surface area (Å²) in [4.78, 5) is 13.6. The van der Waals surface area contributed by atoms with Crippen LogP contribution in [0.3, 0.4) is 0 Å². The highest BCUT2D eigenvalue weighted by Gasteiger charge is 2.31. The van der Waals surface area contributed by atoms with Crippen LogP contribution in [-0.2, 0) is 0 Å². The van der Waals surface area contributed by atoms with E-state index in [1.165, 1.54) is 13.2 Å². The molecule has 0 atom stereocenters. The van der Waals surface area contributed by atoms with Crippen LogP contribution in [0.2, 0.25) is 0 Å². The molecule has 4 rings (SSSR count). The summed E-state index contributed by atoms with van der Waals surface area (Å²) in [5, 5.41) is 4.75. The topological polar surface area (TPSA) is 48.5 Å². The highest BCUT2D eigenvalue weighted by molar-refractivity contribution is 5.63. The van der Waals surface area contributed by atoms with Crippen molar-refractivity contribution >= 4 is 5.52 Å². The van der Waals surface area contributed by atoms with Gasteiger partial charge in [0, 0.05) is 17.8 Å². The standard InChI is InChI=1S/C22H26FN3O2/c1-5-14(6-2)18-11-13(3)26-20(18)22(27)25(15-7-8-15)21(24-26)17-10-9-16(28-4)12-19(17)23/h9-12,14-15H,5-8H2,1-4H3. The molecule has 1 aliphatic rings. The third-order valence-corrected chi connectivity index (χ3v) is 5.78. The molecule has 1 fully saturated rings. The van der Waals surface area contributed by atoms with Crippen LogP contribution >= 0.6 is 0 Å². The van der Waals surface area contributed by atoms with Crippen molar-refractivity contribution in [3.05, 3.63) is 51.7 Å². The van der Waals surface area contributed by atoms with Crippen LogP contribution < -0.4 is 10.3 Å². The van der Waals surface area contributed by atoms with E-state index in [4.69, 9.17) is 9.84 Å². The summed E-state index contributed by atoms with van der Waals surface area (Å²) in [5.74, 6) is 0.699. The van der Waals surface area contributed by atoms with E-state index in [0.717, 1.165) is 36.9 Å². The molecule has 0 N–H and O–H groups in total. The Morgan fingerprint density at radius 3 is 2.54 bits per heavy atom. The zero-order chi connectivity index (χ0) is 20.0. The van der Waals surface area contributed by atoms with Crippen molar-refractivity contribution in [2.24, 2.45) is 0 Å². The molecule has 0 saturated heterocycles. The number of aryl methyl sites for hydroxylation is 1. The van der Waals surface area contributed by atoms with Crippen molar-refractivity contribution in [2.45, 2.75) is 58.4 Å². The van der Waals surface area contributed by atoms with Crippen molar-refractivity contribution in [1.82, 2.24) is 14.2 Å². The third-order valence-electron chi connectivity index (χ3n) is 5.78. The predicted octanol–water partition coefficient (Wildman–Crippen LogP) is 4.86. The Morgan fingerprint density at radius 2 is 1.96 bits per heavy atom. The molecular formula is C22H26FN3O2. The summed E-state index contributed by atoms with van der Waals surface area (Å²) in [6.45, 7) is 6.23. The van der Waals surface area contributed by atoms with E-state index in [2.05, 4.69) is 19.9 Å². The molecule has 0 unspecified atom stereocenters. The Morgan fingerprint density at radius 1 is 1.25 bits per heavy atom. The zero-order valence-electron chi connectivity index (χ0n) is 16.8. The van der Waals surface area contributed by atoms with E-state index in [-0.39, 0.29) is 11.6 Å². The molecule has 1 aromatic carbocycles. The second-order valence-electron chi connectivity index (χ2n) is 7.59. The Kier molecular flexibility index (Phi) is 4.73. The summed E-state index contributed by atoms with van der Waals surface area (Å²) in [5.41, 5.74) is 2.83. The minimum absolute atomic E-state index is 0.0716. The van der Waals surface area contributed by atoms with Gasteiger partial charge in [0.25, 0.3) is 5.56 Å². The van der Waals surface area contributed by atoms with Gasteiger partial charge in [0.05, 0.1) is 12.7 Å². The summed E-state index contributed by atoms with van der Waals surface area (Å²) >= 11 is 0. The summed E-state index contributed by atoms with van der Waals surface area (Å²) in [7, 11) is 1.50. The van der Waals surface area contributed by atoms with Gasteiger partial charge in [0.2, 0.25) is 0 Å². The molecule has 1 aliphatic carbocycles. The number of ether oxygens (including phenoxy) is 1. The largest absolute Gasteiger partial charge is 0.497 e. The Bertz CT molecular complexity index is 1090. The third kappa shape index (κ3) is 2.91. The number of aromatic nitrogens is 3. The highest BCUT2D eigenvalue weighted by Crippen LogP contribution is 2.38. The molecule has 3 aromatic rings. The first-order valence-corrected chi connectivity index (χ1v) is 9.98. The number of methoxy groups -OCH3 is 1. The maximum absolute atomic E-state index is 14.8. The Labute approximate surface area is 163 Å². The molecule has 6 heteroatoms. The van der Waals surface area contributed by atoms with Crippen molar-refractivity contribution in [3.8, 4) is 17.1 Å². The first kappa shape index (κ1) is 18.7. The lowest BCUT2D eigenvalue weighted by Gasteiger charge is -2.16. The summed E-state index contributed by atoms with van der Waals surface area (Å²) in [6, 6.07) is 6.82. The number of hydrogen-bond donors (Lipinski definition) is 0. The zero-order valence-corrected chi connectivity index (χ0v) is 16.8. The minimum Gasteiger partial charge on any atom is -0.497 e. The monoisotopic (exact) mass is 383 g/mol. The smallest absolute Gasteiger partial charge is 0.278 e. The van der Waals surface area contributed by atoms with Crippen LogP contribution in [0.25, 0.3) is 16.9 Å². The van der Waals surface area contributed by atoms with Gasteiger partial charge in [-0.15, -0.1) is 5.10 Å². The fourth-order valence-electron chi connectivity index (χ4n) is 4.05. The van der Waals surface area contributed by atoms with Crippen molar-refractivity contribution in [2.75, 3.05) is 7.11 Å². The van der Waals surface area contributed by atoms with Crippen LogP contribution in [0.15, 0.2) is 29.1 Å². The number of nitrogens with zero attached hydrogens (tertiary/aromatic N) is 3. The molecule has 2 aromatic heterocycles. The van der Waals surface area contributed by atoms with Gasteiger partial charge in [-0.2, -0.15) is 0 Å². The van der Waals surface area contributed by atoms with Crippen molar-refractivity contribution in [3.63, 3.8) is 0 Å². The van der Waals surface area contributed by atoms with E-state index < -0.39 is 5.82 Å². The maximum atomic E-state index is 14.8. The number of hydrogen-bond acceptors (Lipinski definition) is 3. The first-order valence-electron chi connectivity index (χ1n) is 9.98. The van der Waals surface area contributed by atoms with Crippen molar-refractivity contribution < 1.29 is 9.13 Å². The molecule has 28 heavy (non-hydrogen) atoms. The summed E-state index contributed by atoms with van der Waals surface area (Å²) in [6.07, 6.45) is 3.77. The minimum atomic E-state index is -0.440. The summed E-state index contributed by atoms with van der Waals surface area (Å²) < 4.78 is 23.3. The Hall–Kier alpha value is -2.63. The number of benzene rings is 1. The second kappa shape index (κ2) is 7.08. The lowest BCUT2D eigenvalue weighted by Crippen LogP contribution is -2.26. The van der Waals surface area contributed by atoms with Crippen LogP contribution in [0.1, 0.15) is 62.7 Å². The maximum Gasteiger partial charge on any atom is 0.278 e. The fraction of sp³-hybridized carbons (Fsp3) is 0.455. The van der Waals surface area contributed by atoms with E-state index in [9.17, 15) is 9.18 Å². The molecule has 1 saturated carbocycles. The predicted molar refractivity (Wildman–Crippen MR) is 108 cm³/mol. The SMILES string of the molecule is CCC(CC)c1cc(C)n2nc(-c3ccc(OC)cc3F)n(C3CC3)c(=O)c12.